The Morgan fingerprint density at radius 1 is 1.37 bits per heavy atom. The summed E-state index contributed by atoms with van der Waals surface area (Å²) in [5.74, 6) is 3.32. The monoisotopic (exact) mass is 295 g/mol. The minimum absolute atomic E-state index is 0.341. The van der Waals surface area contributed by atoms with E-state index in [-0.39, 0.29) is 0 Å². The van der Waals surface area contributed by atoms with Crippen LogP contribution in [0.25, 0.3) is 0 Å². The first-order chi connectivity index (χ1) is 9.10. The second kappa shape index (κ2) is 6.07. The first-order valence-corrected chi connectivity index (χ1v) is 6.31. The number of hydrogen-bond acceptors (Lipinski definition) is 4. The van der Waals surface area contributed by atoms with Crippen LogP contribution in [0.4, 0.5) is 0 Å². The fourth-order valence-electron chi connectivity index (χ4n) is 1.54. The van der Waals surface area contributed by atoms with Crippen molar-refractivity contribution in [1.29, 1.82) is 0 Å². The van der Waals surface area contributed by atoms with Gasteiger partial charge in [-0.25, -0.2) is 0 Å². The molecule has 0 amide bonds. The van der Waals surface area contributed by atoms with Crippen molar-refractivity contribution < 1.29 is 4.52 Å². The molecule has 98 valence electrons. The molecule has 0 aliphatic carbocycles. The van der Waals surface area contributed by atoms with E-state index in [2.05, 4.69) is 16.1 Å². The first kappa shape index (κ1) is 13.9. The van der Waals surface area contributed by atoms with Gasteiger partial charge in [0.05, 0.1) is 16.1 Å². The summed E-state index contributed by atoms with van der Waals surface area (Å²) < 4.78 is 5.06. The predicted octanol–water partition coefficient (Wildman–Crippen LogP) is 2.99. The summed E-state index contributed by atoms with van der Waals surface area (Å²) in [7, 11) is 0. The molecule has 0 spiro atoms. The van der Waals surface area contributed by atoms with E-state index in [9.17, 15) is 0 Å². The lowest BCUT2D eigenvalue weighted by Gasteiger charge is -2.00. The normalized spacial score (nSPS) is 12.1. The van der Waals surface area contributed by atoms with Crippen molar-refractivity contribution in [2.45, 2.75) is 18.9 Å². The van der Waals surface area contributed by atoms with Gasteiger partial charge in [-0.3, -0.25) is 0 Å². The molecule has 2 aromatic rings. The number of benzene rings is 1. The second-order valence-electron chi connectivity index (χ2n) is 3.99. The highest BCUT2D eigenvalue weighted by Gasteiger charge is 2.14. The Kier molecular flexibility index (Phi) is 4.43. The van der Waals surface area contributed by atoms with Crippen molar-refractivity contribution in [3.05, 3.63) is 45.5 Å². The van der Waals surface area contributed by atoms with Gasteiger partial charge >= 0.3 is 0 Å². The zero-order chi connectivity index (χ0) is 13.8. The lowest BCUT2D eigenvalue weighted by Crippen LogP contribution is -2.09. The van der Waals surface area contributed by atoms with Crippen molar-refractivity contribution in [2.24, 2.45) is 5.73 Å². The van der Waals surface area contributed by atoms with Crippen LogP contribution in [-0.2, 0) is 6.42 Å². The summed E-state index contributed by atoms with van der Waals surface area (Å²) in [5.41, 5.74) is 6.72. The molecule has 1 atom stereocenters. The topological polar surface area (TPSA) is 64.9 Å². The third-order valence-electron chi connectivity index (χ3n) is 2.49. The lowest BCUT2D eigenvalue weighted by molar-refractivity contribution is 0.353. The Labute approximate surface area is 120 Å². The zero-order valence-corrected chi connectivity index (χ0v) is 11.4. The molecule has 2 N–H and O–H groups in total. The van der Waals surface area contributed by atoms with Crippen molar-refractivity contribution in [3.63, 3.8) is 0 Å². The van der Waals surface area contributed by atoms with E-state index in [1.54, 1.807) is 12.1 Å². The maximum Gasteiger partial charge on any atom is 0.244 e. The number of aromatic nitrogens is 2. The summed E-state index contributed by atoms with van der Waals surface area (Å²) in [6.45, 7) is 0. The van der Waals surface area contributed by atoms with Gasteiger partial charge in [-0.05, 0) is 17.7 Å². The maximum atomic E-state index is 5.94. The van der Waals surface area contributed by atoms with Gasteiger partial charge < -0.3 is 10.3 Å². The highest BCUT2D eigenvalue weighted by atomic mass is 35.5. The average Bonchev–Trinajstić information content (AvgIpc) is 2.83. The number of nitrogens with two attached hydrogens (primary N) is 1. The third kappa shape index (κ3) is 3.48. The van der Waals surface area contributed by atoms with Gasteiger partial charge in [-0.15, -0.1) is 12.3 Å². The van der Waals surface area contributed by atoms with Gasteiger partial charge in [0.1, 0.15) is 0 Å². The SMILES string of the molecule is C#CCC(N)c1nc(Cc2ccc(Cl)c(Cl)c2)no1. The minimum Gasteiger partial charge on any atom is -0.338 e. The van der Waals surface area contributed by atoms with Crippen LogP contribution >= 0.6 is 23.2 Å². The van der Waals surface area contributed by atoms with E-state index >= 15 is 0 Å². The highest BCUT2D eigenvalue weighted by Crippen LogP contribution is 2.23. The molecular weight excluding hydrogens is 285 g/mol. The van der Waals surface area contributed by atoms with Crippen LogP contribution in [0.3, 0.4) is 0 Å². The van der Waals surface area contributed by atoms with Crippen LogP contribution in [-0.4, -0.2) is 10.1 Å². The molecule has 1 heterocycles. The second-order valence-corrected chi connectivity index (χ2v) is 4.80. The van der Waals surface area contributed by atoms with E-state index in [4.69, 9.17) is 39.9 Å². The largest absolute Gasteiger partial charge is 0.338 e. The molecule has 2 rings (SSSR count). The summed E-state index contributed by atoms with van der Waals surface area (Å²) in [6, 6.07) is 4.91. The van der Waals surface area contributed by atoms with Crippen LogP contribution in [0.1, 0.15) is 29.7 Å². The molecule has 0 bridgehead atoms. The van der Waals surface area contributed by atoms with Gasteiger partial charge in [0.15, 0.2) is 5.82 Å². The maximum absolute atomic E-state index is 5.94. The van der Waals surface area contributed by atoms with E-state index in [1.807, 2.05) is 6.07 Å². The third-order valence-corrected chi connectivity index (χ3v) is 3.22. The van der Waals surface area contributed by atoms with E-state index in [1.165, 1.54) is 0 Å². The Hall–Kier alpha value is -1.54. The Morgan fingerprint density at radius 2 is 2.16 bits per heavy atom. The molecule has 0 aliphatic heterocycles. The van der Waals surface area contributed by atoms with E-state index in [0.29, 0.717) is 34.6 Å². The number of hydrogen-bond donors (Lipinski definition) is 1. The summed E-state index contributed by atoms with van der Waals surface area (Å²) in [6.07, 6.45) is 6.03. The van der Waals surface area contributed by atoms with Crippen molar-refractivity contribution in [3.8, 4) is 12.3 Å². The fraction of sp³-hybridized carbons (Fsp3) is 0.231. The van der Waals surface area contributed by atoms with Crippen LogP contribution in [0.15, 0.2) is 22.7 Å². The van der Waals surface area contributed by atoms with Crippen molar-refractivity contribution >= 4 is 23.2 Å². The molecule has 1 unspecified atom stereocenters. The molecule has 19 heavy (non-hydrogen) atoms. The van der Waals surface area contributed by atoms with E-state index < -0.39 is 6.04 Å². The van der Waals surface area contributed by atoms with Crippen molar-refractivity contribution in [2.75, 3.05) is 0 Å². The molecule has 0 aliphatic rings. The van der Waals surface area contributed by atoms with Crippen LogP contribution in [0, 0.1) is 12.3 Å². The van der Waals surface area contributed by atoms with Gasteiger partial charge in [0.2, 0.25) is 5.89 Å². The molecule has 0 fully saturated rings. The zero-order valence-electron chi connectivity index (χ0n) is 9.94. The van der Waals surface area contributed by atoms with Crippen LogP contribution < -0.4 is 5.73 Å². The average molecular weight is 296 g/mol. The lowest BCUT2D eigenvalue weighted by atomic mass is 10.1. The Balaban J connectivity index is 2.11. The number of nitrogens with zero attached hydrogens (tertiary/aromatic N) is 2. The number of halogens is 2. The van der Waals surface area contributed by atoms with Gasteiger partial charge in [0, 0.05) is 12.8 Å². The smallest absolute Gasteiger partial charge is 0.244 e. The molecule has 0 saturated carbocycles. The van der Waals surface area contributed by atoms with Crippen molar-refractivity contribution in [1.82, 2.24) is 10.1 Å². The van der Waals surface area contributed by atoms with Gasteiger partial charge in [0.25, 0.3) is 0 Å². The first-order valence-electron chi connectivity index (χ1n) is 5.55. The molecule has 0 saturated heterocycles. The van der Waals surface area contributed by atoms with Crippen LogP contribution in [0.2, 0.25) is 10.0 Å². The Morgan fingerprint density at radius 3 is 2.84 bits per heavy atom. The highest BCUT2D eigenvalue weighted by molar-refractivity contribution is 6.42. The molecular formula is C13H11Cl2N3O. The van der Waals surface area contributed by atoms with Gasteiger partial charge in [-0.2, -0.15) is 4.98 Å². The number of terminal acetylenes is 1. The van der Waals surface area contributed by atoms with Crippen LogP contribution in [0.5, 0.6) is 0 Å². The van der Waals surface area contributed by atoms with E-state index in [0.717, 1.165) is 5.56 Å². The molecule has 1 aromatic heterocycles. The molecule has 6 heteroatoms. The number of rotatable bonds is 4. The Bertz CT molecular complexity index is 619. The minimum atomic E-state index is -0.431. The molecule has 1 aromatic carbocycles. The molecule has 0 radical (unpaired) electrons. The standard InChI is InChI=1S/C13H11Cl2N3O/c1-2-3-11(16)13-17-12(18-19-13)7-8-4-5-9(14)10(15)6-8/h1,4-6,11H,3,7,16H2. The summed E-state index contributed by atoms with van der Waals surface area (Å²) >= 11 is 11.8. The predicted molar refractivity (Wildman–Crippen MR) is 73.9 cm³/mol. The summed E-state index contributed by atoms with van der Waals surface area (Å²) in [4.78, 5) is 4.20. The van der Waals surface area contributed by atoms with Gasteiger partial charge in [-0.1, -0.05) is 34.4 Å². The fourth-order valence-corrected chi connectivity index (χ4v) is 1.86. The quantitative estimate of drug-likeness (QED) is 0.881. The molecule has 4 nitrogen and oxygen atoms in total. The summed E-state index contributed by atoms with van der Waals surface area (Å²) in [5, 5.41) is 4.86.